The lowest BCUT2D eigenvalue weighted by Crippen LogP contribution is -2.12. The van der Waals surface area contributed by atoms with Crippen LogP contribution in [0, 0.1) is 0 Å². The standard InChI is InChI=1S/C12H13BrF2O2/c1-3-17-10-5-4-8(12(14)15)6-9(10)11(16)7(2)13/h4-7,12H,3H2,1-2H3. The van der Waals surface area contributed by atoms with Crippen molar-refractivity contribution >= 4 is 21.7 Å². The molecule has 0 aliphatic carbocycles. The van der Waals surface area contributed by atoms with E-state index in [1.807, 2.05) is 0 Å². The van der Waals surface area contributed by atoms with E-state index in [4.69, 9.17) is 4.74 Å². The fourth-order valence-electron chi connectivity index (χ4n) is 1.37. The molecule has 0 saturated carbocycles. The van der Waals surface area contributed by atoms with Gasteiger partial charge in [0.1, 0.15) is 5.75 Å². The number of Topliss-reactive ketones (excluding diaryl/α,β-unsaturated/α-hetero) is 1. The van der Waals surface area contributed by atoms with Crippen molar-refractivity contribution in [2.45, 2.75) is 25.1 Å². The van der Waals surface area contributed by atoms with Crippen molar-refractivity contribution in [2.24, 2.45) is 0 Å². The van der Waals surface area contributed by atoms with Crippen LogP contribution in [-0.4, -0.2) is 17.2 Å². The molecule has 0 heterocycles. The summed E-state index contributed by atoms with van der Waals surface area (Å²) in [6.45, 7) is 3.80. The summed E-state index contributed by atoms with van der Waals surface area (Å²) in [5, 5.41) is 0. The Morgan fingerprint density at radius 3 is 2.59 bits per heavy atom. The van der Waals surface area contributed by atoms with Gasteiger partial charge in [-0.25, -0.2) is 8.78 Å². The monoisotopic (exact) mass is 306 g/mol. The summed E-state index contributed by atoms with van der Waals surface area (Å²) in [5.41, 5.74) is 0.0129. The van der Waals surface area contributed by atoms with Crippen LogP contribution in [0.4, 0.5) is 8.78 Å². The van der Waals surface area contributed by atoms with Gasteiger partial charge in [0, 0.05) is 5.56 Å². The first kappa shape index (κ1) is 14.1. The van der Waals surface area contributed by atoms with Crippen LogP contribution in [0.25, 0.3) is 0 Å². The molecular formula is C12H13BrF2O2. The van der Waals surface area contributed by atoms with Gasteiger partial charge in [-0.1, -0.05) is 15.9 Å². The minimum absolute atomic E-state index is 0.176. The first-order valence-corrected chi connectivity index (χ1v) is 6.12. The van der Waals surface area contributed by atoms with Gasteiger partial charge in [-0.3, -0.25) is 4.79 Å². The van der Waals surface area contributed by atoms with Gasteiger partial charge < -0.3 is 4.74 Å². The second-order valence-corrected chi connectivity index (χ2v) is 4.84. The zero-order valence-electron chi connectivity index (χ0n) is 9.54. The molecule has 0 saturated heterocycles. The smallest absolute Gasteiger partial charge is 0.263 e. The van der Waals surface area contributed by atoms with Crippen molar-refractivity contribution in [3.63, 3.8) is 0 Å². The lowest BCUT2D eigenvalue weighted by atomic mass is 10.0. The van der Waals surface area contributed by atoms with Gasteiger partial charge in [0.05, 0.1) is 17.0 Å². The number of carbonyl (C=O) groups is 1. The zero-order chi connectivity index (χ0) is 13.0. The number of hydrogen-bond acceptors (Lipinski definition) is 2. The molecule has 0 bridgehead atoms. The average molecular weight is 307 g/mol. The Morgan fingerprint density at radius 1 is 1.47 bits per heavy atom. The van der Waals surface area contributed by atoms with E-state index in [1.54, 1.807) is 13.8 Å². The molecule has 1 rings (SSSR count). The molecule has 0 spiro atoms. The average Bonchev–Trinajstić information content (AvgIpc) is 2.28. The van der Waals surface area contributed by atoms with Gasteiger partial charge in [0.15, 0.2) is 5.78 Å². The van der Waals surface area contributed by atoms with Gasteiger partial charge in [-0.05, 0) is 32.0 Å². The maximum atomic E-state index is 12.6. The molecular weight excluding hydrogens is 294 g/mol. The van der Waals surface area contributed by atoms with Crippen molar-refractivity contribution in [1.82, 2.24) is 0 Å². The molecule has 0 N–H and O–H groups in total. The Hall–Kier alpha value is -0.970. The van der Waals surface area contributed by atoms with Crippen molar-refractivity contribution in [1.29, 1.82) is 0 Å². The predicted molar refractivity (Wildman–Crippen MR) is 65.3 cm³/mol. The Balaban J connectivity index is 3.20. The van der Waals surface area contributed by atoms with Crippen molar-refractivity contribution in [3.05, 3.63) is 29.3 Å². The lowest BCUT2D eigenvalue weighted by Gasteiger charge is -2.12. The molecule has 17 heavy (non-hydrogen) atoms. The van der Waals surface area contributed by atoms with E-state index in [2.05, 4.69) is 15.9 Å². The first-order chi connectivity index (χ1) is 7.97. The van der Waals surface area contributed by atoms with Crippen LogP contribution in [0.1, 0.15) is 36.2 Å². The first-order valence-electron chi connectivity index (χ1n) is 5.20. The summed E-state index contributed by atoms with van der Waals surface area (Å²) in [4.78, 5) is 11.4. The van der Waals surface area contributed by atoms with Crippen LogP contribution < -0.4 is 4.74 Å². The number of halogens is 3. The fourth-order valence-corrected chi connectivity index (χ4v) is 1.62. The predicted octanol–water partition coefficient (Wildman–Crippen LogP) is 3.99. The van der Waals surface area contributed by atoms with Gasteiger partial charge in [0.2, 0.25) is 0 Å². The number of rotatable bonds is 5. The lowest BCUT2D eigenvalue weighted by molar-refractivity contribution is 0.0991. The summed E-state index contributed by atoms with van der Waals surface area (Å²) < 4.78 is 30.4. The minimum atomic E-state index is -2.59. The van der Waals surface area contributed by atoms with Crippen LogP contribution in [0.3, 0.4) is 0 Å². The summed E-state index contributed by atoms with van der Waals surface area (Å²) in [6, 6.07) is 3.87. The Morgan fingerprint density at radius 2 is 2.12 bits per heavy atom. The highest BCUT2D eigenvalue weighted by atomic mass is 79.9. The Labute approximate surface area is 107 Å². The number of benzene rings is 1. The number of hydrogen-bond donors (Lipinski definition) is 0. The molecule has 1 atom stereocenters. The third kappa shape index (κ3) is 3.49. The normalized spacial score (nSPS) is 12.6. The van der Waals surface area contributed by atoms with Crippen molar-refractivity contribution < 1.29 is 18.3 Å². The van der Waals surface area contributed by atoms with Gasteiger partial charge in [-0.2, -0.15) is 0 Å². The van der Waals surface area contributed by atoms with Gasteiger partial charge in [0.25, 0.3) is 6.43 Å². The summed E-state index contributed by atoms with van der Waals surface area (Å²) in [5.74, 6) is 0.0733. The minimum Gasteiger partial charge on any atom is -0.493 e. The SMILES string of the molecule is CCOc1ccc(C(F)F)cc1C(=O)C(C)Br. The van der Waals surface area contributed by atoms with Crippen LogP contribution in [-0.2, 0) is 0 Å². The van der Waals surface area contributed by atoms with E-state index < -0.39 is 11.3 Å². The second kappa shape index (κ2) is 6.10. The summed E-state index contributed by atoms with van der Waals surface area (Å²) in [6.07, 6.45) is -2.59. The maximum absolute atomic E-state index is 12.6. The Bertz CT molecular complexity index is 405. The topological polar surface area (TPSA) is 26.3 Å². The summed E-state index contributed by atoms with van der Waals surface area (Å²) in [7, 11) is 0. The van der Waals surface area contributed by atoms with Crippen LogP contribution in [0.2, 0.25) is 0 Å². The van der Waals surface area contributed by atoms with Crippen molar-refractivity contribution in [3.8, 4) is 5.75 Å². The molecule has 0 radical (unpaired) electrons. The molecule has 5 heteroatoms. The summed E-state index contributed by atoms with van der Waals surface area (Å²) >= 11 is 3.13. The molecule has 2 nitrogen and oxygen atoms in total. The van der Waals surface area contributed by atoms with Gasteiger partial charge >= 0.3 is 0 Å². The zero-order valence-corrected chi connectivity index (χ0v) is 11.1. The molecule has 1 aromatic rings. The molecule has 1 unspecified atom stereocenters. The number of ether oxygens (including phenoxy) is 1. The molecule has 94 valence electrons. The third-order valence-electron chi connectivity index (χ3n) is 2.18. The maximum Gasteiger partial charge on any atom is 0.263 e. The molecule has 0 aliphatic rings. The highest BCUT2D eigenvalue weighted by Crippen LogP contribution is 2.28. The van der Waals surface area contributed by atoms with Crippen molar-refractivity contribution in [2.75, 3.05) is 6.61 Å². The van der Waals surface area contributed by atoms with Crippen LogP contribution in [0.5, 0.6) is 5.75 Å². The molecule has 0 amide bonds. The quantitative estimate of drug-likeness (QED) is 0.607. The second-order valence-electron chi connectivity index (χ2n) is 3.47. The fraction of sp³-hybridized carbons (Fsp3) is 0.417. The molecule has 0 aliphatic heterocycles. The van der Waals surface area contributed by atoms with Crippen LogP contribution >= 0.6 is 15.9 Å². The number of carbonyl (C=O) groups excluding carboxylic acids is 1. The van der Waals surface area contributed by atoms with E-state index in [0.29, 0.717) is 12.4 Å². The van der Waals surface area contributed by atoms with Gasteiger partial charge in [-0.15, -0.1) is 0 Å². The van der Waals surface area contributed by atoms with Crippen LogP contribution in [0.15, 0.2) is 18.2 Å². The third-order valence-corrected chi connectivity index (χ3v) is 2.60. The molecule has 0 aromatic heterocycles. The number of ketones is 1. The number of alkyl halides is 3. The van der Waals surface area contributed by atoms with E-state index in [-0.39, 0.29) is 16.9 Å². The highest BCUT2D eigenvalue weighted by molar-refractivity contribution is 9.10. The highest BCUT2D eigenvalue weighted by Gasteiger charge is 2.19. The van der Waals surface area contributed by atoms with E-state index in [0.717, 1.165) is 0 Å². The van der Waals surface area contributed by atoms with E-state index in [1.165, 1.54) is 18.2 Å². The molecule has 1 aromatic carbocycles. The van der Waals surface area contributed by atoms with E-state index in [9.17, 15) is 13.6 Å². The Kier molecular flexibility index (Phi) is 5.05. The largest absolute Gasteiger partial charge is 0.493 e. The molecule has 0 fully saturated rings. The van der Waals surface area contributed by atoms with E-state index >= 15 is 0 Å².